The predicted octanol–water partition coefficient (Wildman–Crippen LogP) is 1.96. The summed E-state index contributed by atoms with van der Waals surface area (Å²) in [5.41, 5.74) is 1.06. The molecule has 2 heterocycles. The number of hydrogen-bond donors (Lipinski definition) is 1. The Labute approximate surface area is 103 Å². The van der Waals surface area contributed by atoms with Crippen molar-refractivity contribution < 1.29 is 9.32 Å². The number of carbonyl (C=O) groups is 1. The maximum absolute atomic E-state index is 11.8. The number of carbonyl (C=O) groups excluding carboxylic acids is 1. The number of rotatable bonds is 3. The fraction of sp³-hybridized carbons (Fsp3) is 0.182. The Kier molecular flexibility index (Phi) is 3.39. The fourth-order valence-electron chi connectivity index (χ4n) is 1.33. The third kappa shape index (κ3) is 2.82. The zero-order valence-electron chi connectivity index (χ0n) is 9.11. The Morgan fingerprint density at radius 2 is 2.41 bits per heavy atom. The van der Waals surface area contributed by atoms with Gasteiger partial charge < -0.3 is 9.84 Å². The van der Waals surface area contributed by atoms with Gasteiger partial charge in [-0.2, -0.15) is 0 Å². The standard InChI is InChI=1S/C11H10ClN3O2/c1-7-4-8(15-17-7)5-14-11(16)9-2-3-13-6-10(9)12/h2-4,6H,5H2,1H3,(H,14,16). The lowest BCUT2D eigenvalue weighted by molar-refractivity contribution is 0.0950. The number of nitrogens with zero attached hydrogens (tertiary/aromatic N) is 2. The van der Waals surface area contributed by atoms with Crippen molar-refractivity contribution in [3.8, 4) is 0 Å². The largest absolute Gasteiger partial charge is 0.361 e. The lowest BCUT2D eigenvalue weighted by Crippen LogP contribution is -2.23. The Morgan fingerprint density at radius 1 is 1.59 bits per heavy atom. The van der Waals surface area contributed by atoms with Crippen LogP contribution in [0.3, 0.4) is 0 Å². The van der Waals surface area contributed by atoms with Crippen LogP contribution in [-0.4, -0.2) is 16.0 Å². The molecular weight excluding hydrogens is 242 g/mol. The molecule has 0 fully saturated rings. The Bertz CT molecular complexity index is 539. The van der Waals surface area contributed by atoms with E-state index in [1.165, 1.54) is 12.4 Å². The first-order valence-electron chi connectivity index (χ1n) is 4.96. The second kappa shape index (κ2) is 4.97. The molecule has 0 aliphatic heterocycles. The van der Waals surface area contributed by atoms with Crippen LogP contribution in [0.2, 0.25) is 5.02 Å². The molecule has 5 nitrogen and oxygen atoms in total. The van der Waals surface area contributed by atoms with Crippen LogP contribution in [0, 0.1) is 6.92 Å². The zero-order valence-corrected chi connectivity index (χ0v) is 9.86. The van der Waals surface area contributed by atoms with E-state index in [9.17, 15) is 4.79 Å². The molecule has 17 heavy (non-hydrogen) atoms. The molecule has 0 radical (unpaired) electrons. The number of pyridine rings is 1. The number of amides is 1. The van der Waals surface area contributed by atoms with Crippen LogP contribution < -0.4 is 5.32 Å². The SMILES string of the molecule is Cc1cc(CNC(=O)c2ccncc2Cl)no1. The molecule has 0 unspecified atom stereocenters. The van der Waals surface area contributed by atoms with Crippen molar-refractivity contribution in [2.75, 3.05) is 0 Å². The molecule has 0 atom stereocenters. The summed E-state index contributed by atoms with van der Waals surface area (Å²) in [6.07, 6.45) is 2.94. The van der Waals surface area contributed by atoms with Crippen LogP contribution in [0.25, 0.3) is 0 Å². The maximum Gasteiger partial charge on any atom is 0.253 e. The number of halogens is 1. The summed E-state index contributed by atoms with van der Waals surface area (Å²) in [5, 5.41) is 6.79. The fourth-order valence-corrected chi connectivity index (χ4v) is 1.53. The van der Waals surface area contributed by atoms with E-state index in [2.05, 4.69) is 15.5 Å². The number of hydrogen-bond acceptors (Lipinski definition) is 4. The molecule has 0 aliphatic carbocycles. The molecule has 0 aliphatic rings. The summed E-state index contributed by atoms with van der Waals surface area (Å²) in [5.74, 6) is 0.439. The lowest BCUT2D eigenvalue weighted by Gasteiger charge is -2.03. The average Bonchev–Trinajstić information content (AvgIpc) is 2.73. The summed E-state index contributed by atoms with van der Waals surface area (Å²) in [7, 11) is 0. The van der Waals surface area contributed by atoms with E-state index in [4.69, 9.17) is 16.1 Å². The number of aromatic nitrogens is 2. The smallest absolute Gasteiger partial charge is 0.253 e. The predicted molar refractivity (Wildman–Crippen MR) is 61.7 cm³/mol. The van der Waals surface area contributed by atoms with E-state index in [0.717, 1.165) is 0 Å². The third-order valence-electron chi connectivity index (χ3n) is 2.12. The molecule has 1 amide bonds. The third-order valence-corrected chi connectivity index (χ3v) is 2.43. The van der Waals surface area contributed by atoms with E-state index in [0.29, 0.717) is 28.6 Å². The molecule has 0 bridgehead atoms. The first kappa shape index (κ1) is 11.6. The average molecular weight is 252 g/mol. The minimum Gasteiger partial charge on any atom is -0.361 e. The first-order valence-corrected chi connectivity index (χ1v) is 5.34. The second-order valence-electron chi connectivity index (χ2n) is 3.47. The second-order valence-corrected chi connectivity index (χ2v) is 3.87. The van der Waals surface area contributed by atoms with E-state index in [1.54, 1.807) is 19.1 Å². The highest BCUT2D eigenvalue weighted by Gasteiger charge is 2.10. The Balaban J connectivity index is 2.01. The molecule has 6 heteroatoms. The van der Waals surface area contributed by atoms with Crippen molar-refractivity contribution in [1.82, 2.24) is 15.5 Å². The van der Waals surface area contributed by atoms with Crippen molar-refractivity contribution in [1.29, 1.82) is 0 Å². The van der Waals surface area contributed by atoms with Gasteiger partial charge >= 0.3 is 0 Å². The van der Waals surface area contributed by atoms with Gasteiger partial charge in [0.2, 0.25) is 0 Å². The molecule has 0 spiro atoms. The molecule has 0 saturated heterocycles. The molecular formula is C11H10ClN3O2. The topological polar surface area (TPSA) is 68.0 Å². The van der Waals surface area contributed by atoms with Gasteiger partial charge in [0.25, 0.3) is 5.91 Å². The van der Waals surface area contributed by atoms with E-state index in [1.807, 2.05) is 0 Å². The van der Waals surface area contributed by atoms with Gasteiger partial charge in [-0.3, -0.25) is 9.78 Å². The van der Waals surface area contributed by atoms with Crippen molar-refractivity contribution in [2.45, 2.75) is 13.5 Å². The van der Waals surface area contributed by atoms with E-state index >= 15 is 0 Å². The van der Waals surface area contributed by atoms with Gasteiger partial charge in [0.1, 0.15) is 11.5 Å². The minimum atomic E-state index is -0.266. The summed E-state index contributed by atoms with van der Waals surface area (Å²) in [4.78, 5) is 15.6. The molecule has 2 rings (SSSR count). The van der Waals surface area contributed by atoms with Crippen molar-refractivity contribution >= 4 is 17.5 Å². The lowest BCUT2D eigenvalue weighted by atomic mass is 10.2. The van der Waals surface area contributed by atoms with Gasteiger partial charge in [0.15, 0.2) is 0 Å². The zero-order chi connectivity index (χ0) is 12.3. The summed E-state index contributed by atoms with van der Waals surface area (Å²) in [6, 6.07) is 3.32. The highest BCUT2D eigenvalue weighted by Crippen LogP contribution is 2.13. The molecule has 0 saturated carbocycles. The summed E-state index contributed by atoms with van der Waals surface area (Å²) >= 11 is 5.85. The van der Waals surface area contributed by atoms with Gasteiger partial charge in [-0.1, -0.05) is 16.8 Å². The van der Waals surface area contributed by atoms with Crippen LogP contribution in [0.15, 0.2) is 29.0 Å². The molecule has 88 valence electrons. The van der Waals surface area contributed by atoms with Gasteiger partial charge in [-0.25, -0.2) is 0 Å². The van der Waals surface area contributed by atoms with Crippen LogP contribution in [-0.2, 0) is 6.54 Å². The van der Waals surface area contributed by atoms with Gasteiger partial charge in [0.05, 0.1) is 17.1 Å². The number of aryl methyl sites for hydroxylation is 1. The van der Waals surface area contributed by atoms with Crippen molar-refractivity contribution in [3.63, 3.8) is 0 Å². The van der Waals surface area contributed by atoms with Crippen molar-refractivity contribution in [3.05, 3.63) is 46.6 Å². The number of nitrogens with one attached hydrogen (secondary N) is 1. The normalized spacial score (nSPS) is 10.2. The van der Waals surface area contributed by atoms with Crippen LogP contribution in [0.4, 0.5) is 0 Å². The Morgan fingerprint density at radius 3 is 3.06 bits per heavy atom. The molecule has 0 aromatic carbocycles. The molecule has 1 N–H and O–H groups in total. The first-order chi connectivity index (χ1) is 8.16. The van der Waals surface area contributed by atoms with Gasteiger partial charge in [0, 0.05) is 18.5 Å². The molecule has 2 aromatic rings. The highest BCUT2D eigenvalue weighted by atomic mass is 35.5. The van der Waals surface area contributed by atoms with Crippen LogP contribution in [0.1, 0.15) is 21.8 Å². The quantitative estimate of drug-likeness (QED) is 0.906. The van der Waals surface area contributed by atoms with E-state index < -0.39 is 0 Å². The monoisotopic (exact) mass is 251 g/mol. The van der Waals surface area contributed by atoms with Crippen LogP contribution >= 0.6 is 11.6 Å². The van der Waals surface area contributed by atoms with Crippen LogP contribution in [0.5, 0.6) is 0 Å². The van der Waals surface area contributed by atoms with Gasteiger partial charge in [-0.15, -0.1) is 0 Å². The summed E-state index contributed by atoms with van der Waals surface area (Å²) < 4.78 is 4.89. The van der Waals surface area contributed by atoms with E-state index in [-0.39, 0.29) is 5.91 Å². The Hall–Kier alpha value is -1.88. The minimum absolute atomic E-state index is 0.266. The highest BCUT2D eigenvalue weighted by molar-refractivity contribution is 6.33. The maximum atomic E-state index is 11.8. The molecule has 2 aromatic heterocycles. The van der Waals surface area contributed by atoms with Gasteiger partial charge in [-0.05, 0) is 13.0 Å². The van der Waals surface area contributed by atoms with Crippen molar-refractivity contribution in [2.24, 2.45) is 0 Å². The summed E-state index contributed by atoms with van der Waals surface area (Å²) in [6.45, 7) is 2.09.